The van der Waals surface area contributed by atoms with Crippen molar-refractivity contribution in [3.8, 4) is 0 Å². The van der Waals surface area contributed by atoms with Crippen LogP contribution >= 0.6 is 11.3 Å². The van der Waals surface area contributed by atoms with Crippen LogP contribution in [-0.2, 0) is 14.8 Å². The number of aromatic nitrogens is 1. The van der Waals surface area contributed by atoms with Gasteiger partial charge in [0.1, 0.15) is 0 Å². The van der Waals surface area contributed by atoms with E-state index in [1.165, 1.54) is 27.9 Å². The smallest absolute Gasteiger partial charge is 0.357 e. The van der Waals surface area contributed by atoms with E-state index in [1.54, 1.807) is 13.0 Å². The monoisotopic (exact) mass is 437 g/mol. The van der Waals surface area contributed by atoms with Gasteiger partial charge in [-0.3, -0.25) is 10.1 Å². The second-order valence-corrected chi connectivity index (χ2v) is 9.45. The predicted molar refractivity (Wildman–Crippen MR) is 110 cm³/mol. The maximum Gasteiger partial charge on any atom is 0.357 e. The van der Waals surface area contributed by atoms with E-state index in [2.05, 4.69) is 10.3 Å². The van der Waals surface area contributed by atoms with Crippen LogP contribution in [0.5, 0.6) is 0 Å². The summed E-state index contributed by atoms with van der Waals surface area (Å²) in [5.74, 6) is -1.06. The zero-order valence-corrected chi connectivity index (χ0v) is 17.9. The number of carbonyl (C=O) groups excluding carboxylic acids is 2. The molecule has 1 saturated heterocycles. The first-order chi connectivity index (χ1) is 13.8. The fourth-order valence-corrected chi connectivity index (χ4v) is 5.58. The summed E-state index contributed by atoms with van der Waals surface area (Å²) in [5.41, 5.74) is 0.311. The first kappa shape index (κ1) is 21.4. The van der Waals surface area contributed by atoms with Crippen molar-refractivity contribution in [2.24, 2.45) is 0 Å². The molecule has 1 amide bonds. The molecule has 8 nitrogen and oxygen atoms in total. The third kappa shape index (κ3) is 4.82. The van der Waals surface area contributed by atoms with Gasteiger partial charge < -0.3 is 4.74 Å². The molecule has 3 rings (SSSR count). The van der Waals surface area contributed by atoms with Gasteiger partial charge in [0, 0.05) is 23.5 Å². The molecule has 2 heterocycles. The van der Waals surface area contributed by atoms with Crippen molar-refractivity contribution in [1.82, 2.24) is 9.29 Å². The predicted octanol–water partition coefficient (Wildman–Crippen LogP) is 3.14. The number of sulfonamides is 1. The largest absolute Gasteiger partial charge is 0.461 e. The molecule has 1 aromatic heterocycles. The van der Waals surface area contributed by atoms with E-state index in [0.717, 1.165) is 30.6 Å². The first-order valence-electron chi connectivity index (χ1n) is 9.39. The lowest BCUT2D eigenvalue weighted by atomic mass is 10.1. The van der Waals surface area contributed by atoms with E-state index in [4.69, 9.17) is 4.74 Å². The van der Waals surface area contributed by atoms with E-state index in [1.807, 2.05) is 6.92 Å². The number of anilines is 1. The molecular formula is C19H23N3O5S2. The van der Waals surface area contributed by atoms with Crippen molar-refractivity contribution >= 4 is 38.4 Å². The number of esters is 1. The van der Waals surface area contributed by atoms with E-state index >= 15 is 0 Å². The van der Waals surface area contributed by atoms with Crippen molar-refractivity contribution in [2.45, 2.75) is 44.0 Å². The summed E-state index contributed by atoms with van der Waals surface area (Å²) < 4.78 is 32.4. The topological polar surface area (TPSA) is 106 Å². The Hall–Kier alpha value is -2.30. The fourth-order valence-electron chi connectivity index (χ4n) is 3.16. The molecule has 1 aliphatic rings. The van der Waals surface area contributed by atoms with Crippen LogP contribution in [0, 0.1) is 0 Å². The maximum atomic E-state index is 13.0. The molecule has 1 unspecified atom stereocenters. The number of nitrogens with zero attached hydrogens (tertiary/aromatic N) is 2. The molecule has 29 heavy (non-hydrogen) atoms. The van der Waals surface area contributed by atoms with Crippen molar-refractivity contribution in [3.63, 3.8) is 0 Å². The summed E-state index contributed by atoms with van der Waals surface area (Å²) >= 11 is 1.09. The highest BCUT2D eigenvalue weighted by molar-refractivity contribution is 7.89. The van der Waals surface area contributed by atoms with Crippen molar-refractivity contribution in [3.05, 3.63) is 40.9 Å². The maximum absolute atomic E-state index is 13.0. The molecule has 156 valence electrons. The Morgan fingerprint density at radius 3 is 2.86 bits per heavy atom. The second-order valence-electron chi connectivity index (χ2n) is 6.70. The Balaban J connectivity index is 1.77. The highest BCUT2D eigenvalue weighted by Gasteiger charge is 2.31. The van der Waals surface area contributed by atoms with Crippen LogP contribution in [0.1, 0.15) is 54.0 Å². The van der Waals surface area contributed by atoms with E-state index in [-0.39, 0.29) is 33.9 Å². The van der Waals surface area contributed by atoms with Crippen LogP contribution < -0.4 is 5.32 Å². The molecule has 1 N–H and O–H groups in total. The van der Waals surface area contributed by atoms with Gasteiger partial charge in [-0.15, -0.1) is 11.3 Å². The molecule has 0 bridgehead atoms. The van der Waals surface area contributed by atoms with Gasteiger partial charge in [0.25, 0.3) is 5.91 Å². The average molecular weight is 438 g/mol. The van der Waals surface area contributed by atoms with Gasteiger partial charge in [0.2, 0.25) is 10.0 Å². The Labute approximate surface area is 173 Å². The number of amides is 1. The molecule has 0 aliphatic carbocycles. The lowest BCUT2D eigenvalue weighted by Crippen LogP contribution is -2.41. The summed E-state index contributed by atoms with van der Waals surface area (Å²) in [6, 6.07) is 5.88. The van der Waals surface area contributed by atoms with E-state index in [9.17, 15) is 18.0 Å². The number of hydrogen-bond acceptors (Lipinski definition) is 7. The summed E-state index contributed by atoms with van der Waals surface area (Å²) in [5, 5.41) is 4.32. The number of hydrogen-bond donors (Lipinski definition) is 1. The molecular weight excluding hydrogens is 414 g/mol. The number of carbonyl (C=O) groups is 2. The van der Waals surface area contributed by atoms with E-state index in [0.29, 0.717) is 6.54 Å². The average Bonchev–Trinajstić information content (AvgIpc) is 3.17. The molecule has 1 atom stereocenters. The molecule has 10 heteroatoms. The Morgan fingerprint density at radius 2 is 2.14 bits per heavy atom. The van der Waals surface area contributed by atoms with Crippen molar-refractivity contribution < 1.29 is 22.7 Å². The van der Waals surface area contributed by atoms with Crippen LogP contribution in [0.2, 0.25) is 0 Å². The van der Waals surface area contributed by atoms with Crippen LogP contribution in [0.25, 0.3) is 0 Å². The number of piperidine rings is 1. The molecule has 1 aliphatic heterocycles. The van der Waals surface area contributed by atoms with Crippen molar-refractivity contribution in [1.29, 1.82) is 0 Å². The van der Waals surface area contributed by atoms with Gasteiger partial charge in [-0.25, -0.2) is 18.2 Å². The summed E-state index contributed by atoms with van der Waals surface area (Å²) in [4.78, 5) is 28.4. The van der Waals surface area contributed by atoms with Crippen molar-refractivity contribution in [2.75, 3.05) is 18.5 Å². The molecule has 1 fully saturated rings. The van der Waals surface area contributed by atoms with Gasteiger partial charge in [-0.05, 0) is 44.9 Å². The molecule has 0 radical (unpaired) electrons. The van der Waals surface area contributed by atoms with E-state index < -0.39 is 21.9 Å². The number of rotatable bonds is 6. The minimum absolute atomic E-state index is 0.0668. The normalized spacial score (nSPS) is 17.7. The first-order valence-corrected chi connectivity index (χ1v) is 11.7. The van der Waals surface area contributed by atoms with Gasteiger partial charge >= 0.3 is 5.97 Å². The quantitative estimate of drug-likeness (QED) is 0.696. The molecule has 2 aromatic rings. The highest BCUT2D eigenvalue weighted by Crippen LogP contribution is 2.26. The van der Waals surface area contributed by atoms with Gasteiger partial charge in [-0.2, -0.15) is 4.31 Å². The summed E-state index contributed by atoms with van der Waals surface area (Å²) in [6.45, 7) is 4.31. The number of thiazole rings is 1. The highest BCUT2D eigenvalue weighted by atomic mass is 32.2. The summed E-state index contributed by atoms with van der Waals surface area (Å²) in [7, 11) is -3.67. The van der Waals surface area contributed by atoms with Crippen LogP contribution in [0.4, 0.5) is 5.13 Å². The lowest BCUT2D eigenvalue weighted by molar-refractivity contribution is 0.0520. The SMILES string of the molecule is CCOC(=O)c1csc(NC(=O)c2cccc(S(=O)(=O)N3CCCCC3C)c2)n1. The molecule has 0 spiro atoms. The third-order valence-electron chi connectivity index (χ3n) is 4.65. The Morgan fingerprint density at radius 1 is 1.34 bits per heavy atom. The second kappa shape index (κ2) is 9.02. The number of benzene rings is 1. The van der Waals surface area contributed by atoms with Crippen LogP contribution in [0.3, 0.4) is 0 Å². The Bertz CT molecular complexity index is 1000. The molecule has 0 saturated carbocycles. The zero-order valence-electron chi connectivity index (χ0n) is 16.3. The van der Waals surface area contributed by atoms with Gasteiger partial charge in [0.15, 0.2) is 10.8 Å². The number of nitrogens with one attached hydrogen (secondary N) is 1. The minimum Gasteiger partial charge on any atom is -0.461 e. The van der Waals surface area contributed by atoms with Gasteiger partial charge in [0.05, 0.1) is 11.5 Å². The zero-order chi connectivity index (χ0) is 21.0. The van der Waals surface area contributed by atoms with Crippen LogP contribution in [0.15, 0.2) is 34.5 Å². The third-order valence-corrected chi connectivity index (χ3v) is 7.42. The van der Waals surface area contributed by atoms with Crippen LogP contribution in [-0.4, -0.2) is 48.8 Å². The summed E-state index contributed by atoms with van der Waals surface area (Å²) in [6.07, 6.45) is 2.67. The minimum atomic E-state index is -3.67. The standard InChI is InChI=1S/C19H23N3O5S2/c1-3-27-18(24)16-12-28-19(20-16)21-17(23)14-8-6-9-15(11-14)29(25,26)22-10-5-4-7-13(22)2/h6,8-9,11-13H,3-5,7,10H2,1-2H3,(H,20,21,23). The number of ether oxygens (including phenoxy) is 1. The van der Waals surface area contributed by atoms with Gasteiger partial charge in [-0.1, -0.05) is 12.5 Å². The fraction of sp³-hybridized carbons (Fsp3) is 0.421. The molecule has 1 aromatic carbocycles. The Kier molecular flexibility index (Phi) is 6.66. The lowest BCUT2D eigenvalue weighted by Gasteiger charge is -2.32.